The minimum Gasteiger partial charge on any atom is -0.377 e. The number of anilines is 1. The van der Waals surface area contributed by atoms with E-state index >= 15 is 0 Å². The van der Waals surface area contributed by atoms with Gasteiger partial charge in [0.1, 0.15) is 0 Å². The monoisotopic (exact) mass is 342 g/mol. The fraction of sp³-hybridized carbons (Fsp3) is 0.182. The zero-order valence-electron chi connectivity index (χ0n) is 14.1. The molecule has 0 saturated carbocycles. The Balaban J connectivity index is 1.67. The first-order valence-electron chi connectivity index (χ1n) is 8.91. The van der Waals surface area contributed by atoms with Gasteiger partial charge in [0, 0.05) is 29.1 Å². The summed E-state index contributed by atoms with van der Waals surface area (Å²) in [6, 6.07) is 19.9. The van der Waals surface area contributed by atoms with Crippen molar-refractivity contribution in [1.29, 1.82) is 0 Å². The molecule has 0 bridgehead atoms. The van der Waals surface area contributed by atoms with Gasteiger partial charge in [0.25, 0.3) is 5.69 Å². The lowest BCUT2D eigenvalue weighted by Crippen LogP contribution is -2.29. The number of rotatable bonds is 2. The number of hydrogen-bond acceptors (Lipinski definition) is 3. The second kappa shape index (κ2) is 5.70. The third-order valence-electron chi connectivity index (χ3n) is 5.70. The molecule has 2 aliphatic rings. The standard InChI is InChI=1S/C22H18N2O2/c25-24(26)16-7-3-6-15(13-16)21-19-10-4-9-18(19)20-12-11-14-5-1-2-8-17(14)22(20)23-21/h1-9,11-13,18-19,21,23H,10H2/t18-,19+,21+/m1/s1. The van der Waals surface area contributed by atoms with E-state index in [0.717, 1.165) is 17.7 Å². The molecule has 4 nitrogen and oxygen atoms in total. The number of nitrogens with one attached hydrogen (secondary N) is 1. The average molecular weight is 342 g/mol. The van der Waals surface area contributed by atoms with Crippen LogP contribution in [0.5, 0.6) is 0 Å². The molecule has 5 rings (SSSR count). The summed E-state index contributed by atoms with van der Waals surface area (Å²) >= 11 is 0. The molecule has 1 N–H and O–H groups in total. The summed E-state index contributed by atoms with van der Waals surface area (Å²) in [6.45, 7) is 0. The Morgan fingerprint density at radius 3 is 2.81 bits per heavy atom. The van der Waals surface area contributed by atoms with Crippen LogP contribution in [-0.4, -0.2) is 4.92 Å². The van der Waals surface area contributed by atoms with Crippen molar-refractivity contribution in [3.8, 4) is 0 Å². The highest BCUT2D eigenvalue weighted by Gasteiger charge is 2.38. The highest BCUT2D eigenvalue weighted by atomic mass is 16.6. The topological polar surface area (TPSA) is 55.2 Å². The molecule has 0 amide bonds. The van der Waals surface area contributed by atoms with Gasteiger partial charge in [-0.1, -0.05) is 60.7 Å². The second-order valence-electron chi connectivity index (χ2n) is 7.08. The van der Waals surface area contributed by atoms with Gasteiger partial charge >= 0.3 is 0 Å². The van der Waals surface area contributed by atoms with Crippen LogP contribution in [0.15, 0.2) is 72.8 Å². The Morgan fingerprint density at radius 2 is 1.92 bits per heavy atom. The molecule has 3 atom stereocenters. The molecule has 1 aliphatic carbocycles. The minimum atomic E-state index is -0.319. The Morgan fingerprint density at radius 1 is 1.04 bits per heavy atom. The molecule has 0 spiro atoms. The van der Waals surface area contributed by atoms with Crippen molar-refractivity contribution >= 4 is 22.1 Å². The number of nitro groups is 1. The third-order valence-corrected chi connectivity index (χ3v) is 5.70. The zero-order valence-corrected chi connectivity index (χ0v) is 14.1. The first kappa shape index (κ1) is 15.1. The van der Waals surface area contributed by atoms with Gasteiger partial charge < -0.3 is 5.32 Å². The summed E-state index contributed by atoms with van der Waals surface area (Å²) in [6.07, 6.45) is 5.52. The first-order valence-corrected chi connectivity index (χ1v) is 8.91. The van der Waals surface area contributed by atoms with Gasteiger partial charge in [-0.05, 0) is 28.9 Å². The van der Waals surface area contributed by atoms with Crippen molar-refractivity contribution in [3.05, 3.63) is 94.1 Å². The van der Waals surface area contributed by atoms with Crippen LogP contribution in [0.1, 0.15) is 29.5 Å². The van der Waals surface area contributed by atoms with Crippen LogP contribution < -0.4 is 5.32 Å². The molecule has 3 aromatic carbocycles. The second-order valence-corrected chi connectivity index (χ2v) is 7.08. The van der Waals surface area contributed by atoms with Crippen LogP contribution in [-0.2, 0) is 0 Å². The maximum Gasteiger partial charge on any atom is 0.269 e. The van der Waals surface area contributed by atoms with Gasteiger partial charge in [-0.2, -0.15) is 0 Å². The van der Waals surface area contributed by atoms with Crippen LogP contribution in [0.2, 0.25) is 0 Å². The van der Waals surface area contributed by atoms with Crippen molar-refractivity contribution in [2.75, 3.05) is 5.32 Å². The molecule has 0 radical (unpaired) electrons. The molecule has 1 aliphatic heterocycles. The summed E-state index contributed by atoms with van der Waals surface area (Å²) < 4.78 is 0. The number of nitro benzene ring substituents is 1. The maximum atomic E-state index is 11.2. The van der Waals surface area contributed by atoms with Gasteiger partial charge in [0.05, 0.1) is 11.0 Å². The molecular weight excluding hydrogens is 324 g/mol. The van der Waals surface area contributed by atoms with Gasteiger partial charge in [0.15, 0.2) is 0 Å². The van der Waals surface area contributed by atoms with E-state index in [1.165, 1.54) is 16.3 Å². The Bertz CT molecular complexity index is 1060. The number of hydrogen-bond donors (Lipinski definition) is 1. The summed E-state index contributed by atoms with van der Waals surface area (Å²) in [5, 5.41) is 17.4. The normalized spacial score (nSPS) is 23.3. The van der Waals surface area contributed by atoms with E-state index in [1.807, 2.05) is 12.1 Å². The maximum absolute atomic E-state index is 11.2. The van der Waals surface area contributed by atoms with E-state index < -0.39 is 0 Å². The number of allylic oxidation sites excluding steroid dienone is 2. The molecule has 3 aromatic rings. The minimum absolute atomic E-state index is 0.0632. The zero-order chi connectivity index (χ0) is 17.7. The highest BCUT2D eigenvalue weighted by Crippen LogP contribution is 2.51. The number of fused-ring (bicyclic) bond motifs is 5. The smallest absolute Gasteiger partial charge is 0.269 e. The quantitative estimate of drug-likeness (QED) is 0.376. The van der Waals surface area contributed by atoms with Crippen LogP contribution >= 0.6 is 0 Å². The van der Waals surface area contributed by atoms with Crippen LogP contribution in [0.25, 0.3) is 10.8 Å². The Kier molecular flexibility index (Phi) is 3.32. The summed E-state index contributed by atoms with van der Waals surface area (Å²) in [5.74, 6) is 0.728. The van der Waals surface area contributed by atoms with E-state index in [1.54, 1.807) is 18.2 Å². The van der Waals surface area contributed by atoms with Gasteiger partial charge in [-0.3, -0.25) is 10.1 Å². The molecule has 4 heteroatoms. The first-order chi connectivity index (χ1) is 12.7. The van der Waals surface area contributed by atoms with Crippen molar-refractivity contribution in [3.63, 3.8) is 0 Å². The number of nitrogens with zero attached hydrogens (tertiary/aromatic N) is 1. The molecule has 0 fully saturated rings. The largest absolute Gasteiger partial charge is 0.377 e. The molecular formula is C22H18N2O2. The Labute approximate surface area is 151 Å². The van der Waals surface area contributed by atoms with Crippen LogP contribution in [0.3, 0.4) is 0 Å². The average Bonchev–Trinajstić information content (AvgIpc) is 3.17. The third kappa shape index (κ3) is 2.22. The van der Waals surface area contributed by atoms with E-state index in [2.05, 4.69) is 47.8 Å². The van der Waals surface area contributed by atoms with E-state index in [0.29, 0.717) is 11.8 Å². The summed E-state index contributed by atoms with van der Waals surface area (Å²) in [7, 11) is 0. The van der Waals surface area contributed by atoms with Crippen LogP contribution in [0, 0.1) is 16.0 Å². The molecule has 0 aromatic heterocycles. The predicted octanol–water partition coefficient (Wildman–Crippen LogP) is 5.57. The lowest BCUT2D eigenvalue weighted by Gasteiger charge is -2.38. The molecule has 26 heavy (non-hydrogen) atoms. The van der Waals surface area contributed by atoms with Gasteiger partial charge in [-0.15, -0.1) is 0 Å². The van der Waals surface area contributed by atoms with Crippen molar-refractivity contribution < 1.29 is 4.92 Å². The molecule has 1 heterocycles. The van der Waals surface area contributed by atoms with Crippen molar-refractivity contribution in [2.24, 2.45) is 5.92 Å². The number of benzene rings is 3. The predicted molar refractivity (Wildman–Crippen MR) is 103 cm³/mol. The fourth-order valence-electron chi connectivity index (χ4n) is 4.50. The van der Waals surface area contributed by atoms with Crippen LogP contribution in [0.4, 0.5) is 11.4 Å². The molecule has 0 saturated heterocycles. The highest BCUT2D eigenvalue weighted by molar-refractivity contribution is 5.96. The van der Waals surface area contributed by atoms with Crippen molar-refractivity contribution in [2.45, 2.75) is 18.4 Å². The summed E-state index contributed by atoms with van der Waals surface area (Å²) in [4.78, 5) is 10.9. The van der Waals surface area contributed by atoms with Gasteiger partial charge in [-0.25, -0.2) is 0 Å². The number of non-ortho nitro benzene ring substituents is 1. The van der Waals surface area contributed by atoms with E-state index in [-0.39, 0.29) is 16.7 Å². The van der Waals surface area contributed by atoms with E-state index in [4.69, 9.17) is 0 Å². The van der Waals surface area contributed by atoms with E-state index in [9.17, 15) is 10.1 Å². The molecule has 0 unspecified atom stereocenters. The fourth-order valence-corrected chi connectivity index (χ4v) is 4.50. The lowest BCUT2D eigenvalue weighted by atomic mass is 9.76. The lowest BCUT2D eigenvalue weighted by molar-refractivity contribution is -0.384. The SMILES string of the molecule is O=[N+]([O-])c1cccc([C@@H]2Nc3c(ccc4ccccc34)[C@@H]3C=CC[C@@H]32)c1. The summed E-state index contributed by atoms with van der Waals surface area (Å²) in [5.41, 5.74) is 3.61. The van der Waals surface area contributed by atoms with Crippen molar-refractivity contribution in [1.82, 2.24) is 0 Å². The molecule has 128 valence electrons. The Hall–Kier alpha value is -3.14. The van der Waals surface area contributed by atoms with Gasteiger partial charge in [0.2, 0.25) is 0 Å².